The molecule has 2 heterocycles. The predicted octanol–water partition coefficient (Wildman–Crippen LogP) is 3.74. The third-order valence-corrected chi connectivity index (χ3v) is 4.14. The highest BCUT2D eigenvalue weighted by Gasteiger charge is 2.23. The van der Waals surface area contributed by atoms with Crippen LogP contribution in [0, 0.1) is 0 Å². The average molecular weight is 343 g/mol. The van der Waals surface area contributed by atoms with E-state index >= 15 is 0 Å². The molecule has 0 radical (unpaired) electrons. The number of benzene rings is 2. The van der Waals surface area contributed by atoms with E-state index in [-0.39, 0.29) is 12.5 Å². The minimum atomic E-state index is 0.116. The number of rotatable bonds is 3. The van der Waals surface area contributed by atoms with Gasteiger partial charge in [-0.2, -0.15) is 0 Å². The molecule has 0 spiro atoms. The fourth-order valence-corrected chi connectivity index (χ4v) is 2.82. The number of aromatic nitrogens is 1. The lowest BCUT2D eigenvalue weighted by atomic mass is 10.0. The van der Waals surface area contributed by atoms with Gasteiger partial charge in [-0.1, -0.05) is 11.2 Å². The topological polar surface area (TPSA) is 74.0 Å². The summed E-state index contributed by atoms with van der Waals surface area (Å²) in [5, 5.41) is 13.5. The smallest absolute Gasteiger partial charge is 0.231 e. The van der Waals surface area contributed by atoms with Crippen molar-refractivity contribution in [1.82, 2.24) is 5.16 Å². The maximum Gasteiger partial charge on any atom is 0.231 e. The standard InChI is InChI=1S/C17H13NO5S/c1-20-13-4-10(5-14-17(13)22-8-21-14)16-11(7-18-23-16)9-2-3-12(19)15(24)6-9/h2-7,19,24H,8H2,1H3. The van der Waals surface area contributed by atoms with Crippen molar-refractivity contribution in [1.29, 1.82) is 0 Å². The molecule has 0 unspecified atom stereocenters. The van der Waals surface area contributed by atoms with Crippen LogP contribution in [-0.4, -0.2) is 24.2 Å². The number of fused-ring (bicyclic) bond motifs is 1. The number of ether oxygens (including phenoxy) is 3. The Bertz CT molecular complexity index is 921. The fraction of sp³-hybridized carbons (Fsp3) is 0.118. The summed E-state index contributed by atoms with van der Waals surface area (Å²) in [6, 6.07) is 8.72. The van der Waals surface area contributed by atoms with Gasteiger partial charge in [0.15, 0.2) is 17.3 Å². The van der Waals surface area contributed by atoms with Crippen molar-refractivity contribution in [3.05, 3.63) is 36.5 Å². The van der Waals surface area contributed by atoms with E-state index in [0.29, 0.717) is 27.9 Å². The zero-order valence-electron chi connectivity index (χ0n) is 12.6. The number of phenolic OH excluding ortho intramolecular Hbond substituents is 1. The van der Waals surface area contributed by atoms with Crippen molar-refractivity contribution in [3.8, 4) is 45.4 Å². The van der Waals surface area contributed by atoms with Crippen LogP contribution in [0.4, 0.5) is 0 Å². The van der Waals surface area contributed by atoms with Crippen LogP contribution < -0.4 is 14.2 Å². The number of phenols is 1. The molecule has 122 valence electrons. The van der Waals surface area contributed by atoms with Crippen molar-refractivity contribution in [3.63, 3.8) is 0 Å². The Morgan fingerprint density at radius 1 is 1.17 bits per heavy atom. The van der Waals surface area contributed by atoms with E-state index in [1.54, 1.807) is 37.6 Å². The molecule has 1 N–H and O–H groups in total. The van der Waals surface area contributed by atoms with Crippen LogP contribution in [0.15, 0.2) is 45.9 Å². The molecule has 1 aliphatic rings. The van der Waals surface area contributed by atoms with Gasteiger partial charge < -0.3 is 23.8 Å². The van der Waals surface area contributed by atoms with Crippen molar-refractivity contribution in [2.75, 3.05) is 13.9 Å². The summed E-state index contributed by atoms with van der Waals surface area (Å²) in [6.45, 7) is 0.152. The van der Waals surface area contributed by atoms with Gasteiger partial charge >= 0.3 is 0 Å². The fourth-order valence-electron chi connectivity index (χ4n) is 2.61. The number of methoxy groups -OCH3 is 1. The minimum absolute atomic E-state index is 0.116. The quantitative estimate of drug-likeness (QED) is 0.706. The molecule has 1 aliphatic heterocycles. The van der Waals surface area contributed by atoms with E-state index < -0.39 is 0 Å². The number of nitrogens with zero attached hydrogens (tertiary/aromatic N) is 1. The Balaban J connectivity index is 1.84. The predicted molar refractivity (Wildman–Crippen MR) is 89.0 cm³/mol. The van der Waals surface area contributed by atoms with Crippen molar-refractivity contribution < 1.29 is 23.8 Å². The third-order valence-electron chi connectivity index (χ3n) is 3.78. The molecule has 0 saturated heterocycles. The first-order valence-electron chi connectivity index (χ1n) is 7.12. The second-order valence-electron chi connectivity index (χ2n) is 5.18. The summed E-state index contributed by atoms with van der Waals surface area (Å²) in [5.74, 6) is 2.40. The summed E-state index contributed by atoms with van der Waals surface area (Å²) >= 11 is 4.25. The molecule has 1 aromatic heterocycles. The van der Waals surface area contributed by atoms with Gasteiger partial charge in [-0.3, -0.25) is 0 Å². The molecule has 24 heavy (non-hydrogen) atoms. The van der Waals surface area contributed by atoms with E-state index in [1.165, 1.54) is 0 Å². The second-order valence-corrected chi connectivity index (χ2v) is 5.67. The minimum Gasteiger partial charge on any atom is -0.507 e. The Morgan fingerprint density at radius 3 is 2.83 bits per heavy atom. The van der Waals surface area contributed by atoms with Gasteiger partial charge in [0.25, 0.3) is 0 Å². The molecule has 0 bridgehead atoms. The van der Waals surface area contributed by atoms with Gasteiger partial charge in [-0.15, -0.1) is 12.6 Å². The van der Waals surface area contributed by atoms with Crippen LogP contribution >= 0.6 is 12.6 Å². The molecule has 7 heteroatoms. The number of hydrogen-bond donors (Lipinski definition) is 2. The summed E-state index contributed by atoms with van der Waals surface area (Å²) in [7, 11) is 1.57. The molecule has 6 nitrogen and oxygen atoms in total. The van der Waals surface area contributed by atoms with Crippen LogP contribution in [0.1, 0.15) is 0 Å². The van der Waals surface area contributed by atoms with E-state index in [4.69, 9.17) is 18.7 Å². The Hall–Kier alpha value is -2.80. The number of hydrogen-bond acceptors (Lipinski definition) is 7. The zero-order chi connectivity index (χ0) is 16.7. The highest BCUT2D eigenvalue weighted by molar-refractivity contribution is 7.80. The van der Waals surface area contributed by atoms with Crippen LogP contribution in [0.25, 0.3) is 22.5 Å². The lowest BCUT2D eigenvalue weighted by Crippen LogP contribution is -1.93. The zero-order valence-corrected chi connectivity index (χ0v) is 13.5. The van der Waals surface area contributed by atoms with Crippen LogP contribution in [-0.2, 0) is 0 Å². The largest absolute Gasteiger partial charge is 0.507 e. The van der Waals surface area contributed by atoms with Crippen molar-refractivity contribution in [2.24, 2.45) is 0 Å². The van der Waals surface area contributed by atoms with Gasteiger partial charge in [-0.25, -0.2) is 0 Å². The summed E-state index contributed by atoms with van der Waals surface area (Å²) < 4.78 is 21.7. The number of thiol groups is 1. The van der Waals surface area contributed by atoms with Crippen LogP contribution in [0.2, 0.25) is 0 Å². The van der Waals surface area contributed by atoms with Crippen molar-refractivity contribution in [2.45, 2.75) is 4.90 Å². The summed E-state index contributed by atoms with van der Waals surface area (Å²) in [5.41, 5.74) is 2.34. The molecule has 0 aliphatic carbocycles. The van der Waals surface area contributed by atoms with Crippen LogP contribution in [0.5, 0.6) is 23.0 Å². The molecule has 3 aromatic rings. The normalized spacial score (nSPS) is 12.4. The molecular weight excluding hydrogens is 330 g/mol. The van der Waals surface area contributed by atoms with Gasteiger partial charge in [0.05, 0.1) is 13.3 Å². The molecule has 4 rings (SSSR count). The van der Waals surface area contributed by atoms with Crippen molar-refractivity contribution >= 4 is 12.6 Å². The van der Waals surface area contributed by atoms with E-state index in [2.05, 4.69) is 17.8 Å². The highest BCUT2D eigenvalue weighted by atomic mass is 32.1. The van der Waals surface area contributed by atoms with E-state index in [9.17, 15) is 5.11 Å². The van der Waals surface area contributed by atoms with Gasteiger partial charge in [0.1, 0.15) is 5.75 Å². The average Bonchev–Trinajstić information content (AvgIpc) is 3.24. The highest BCUT2D eigenvalue weighted by Crippen LogP contribution is 2.45. The Morgan fingerprint density at radius 2 is 2.04 bits per heavy atom. The SMILES string of the molecule is COc1cc(-c2oncc2-c2ccc(O)c(S)c2)cc2c1OCO2. The summed E-state index contributed by atoms with van der Waals surface area (Å²) in [4.78, 5) is 0.475. The second kappa shape index (κ2) is 5.68. The first-order chi connectivity index (χ1) is 11.7. The lowest BCUT2D eigenvalue weighted by Gasteiger charge is -2.08. The molecule has 2 aromatic carbocycles. The Labute approximate surface area is 143 Å². The monoisotopic (exact) mass is 343 g/mol. The van der Waals surface area contributed by atoms with Gasteiger partial charge in [-0.05, 0) is 29.8 Å². The van der Waals surface area contributed by atoms with E-state index in [0.717, 1.165) is 16.7 Å². The lowest BCUT2D eigenvalue weighted by molar-refractivity contribution is 0.171. The molecule has 0 atom stereocenters. The maximum atomic E-state index is 9.64. The third kappa shape index (κ3) is 2.33. The molecule has 0 fully saturated rings. The van der Waals surface area contributed by atoms with Crippen LogP contribution in [0.3, 0.4) is 0 Å². The molecular formula is C17H13NO5S. The first-order valence-corrected chi connectivity index (χ1v) is 7.57. The molecule has 0 saturated carbocycles. The van der Waals surface area contributed by atoms with Gasteiger partial charge in [0, 0.05) is 16.0 Å². The van der Waals surface area contributed by atoms with E-state index in [1.807, 2.05) is 6.07 Å². The Kier molecular flexibility index (Phi) is 3.50. The first kappa shape index (κ1) is 14.8. The summed E-state index contributed by atoms with van der Waals surface area (Å²) in [6.07, 6.45) is 1.62. The maximum absolute atomic E-state index is 9.64. The van der Waals surface area contributed by atoms with Gasteiger partial charge in [0.2, 0.25) is 12.5 Å². The number of aromatic hydroxyl groups is 1. The molecule has 0 amide bonds.